The molecule has 6 atom stereocenters. The molecule has 1 heterocycles. The van der Waals surface area contributed by atoms with Crippen LogP contribution < -0.4 is 4.74 Å². The van der Waals surface area contributed by atoms with Crippen LogP contribution in [-0.4, -0.2) is 81.1 Å². The minimum absolute atomic E-state index is 0.119. The number of carbonyl (C=O) groups excluding carboxylic acids is 3. The first kappa shape index (κ1) is 27.4. The summed E-state index contributed by atoms with van der Waals surface area (Å²) < 4.78 is 22.2. The van der Waals surface area contributed by atoms with Crippen molar-refractivity contribution < 1.29 is 53.8 Å². The summed E-state index contributed by atoms with van der Waals surface area (Å²) in [5.74, 6) is -2.00. The van der Waals surface area contributed by atoms with Crippen molar-refractivity contribution in [1.29, 1.82) is 0 Å². The Bertz CT molecular complexity index is 1180. The normalized spacial score (nSPS) is 28.9. The quantitative estimate of drug-likeness (QED) is 0.277. The summed E-state index contributed by atoms with van der Waals surface area (Å²) in [5, 5.41) is 41.1. The van der Waals surface area contributed by atoms with Gasteiger partial charge in [0.1, 0.15) is 36.5 Å². The lowest BCUT2D eigenvalue weighted by Gasteiger charge is -2.41. The maximum Gasteiger partial charge on any atom is 0.342 e. The van der Waals surface area contributed by atoms with Crippen molar-refractivity contribution in [1.82, 2.24) is 0 Å². The SMILES string of the molecule is O=C1CC=C[C@](O)(C(=O)OCc2ccccc2O[C@@H]2O[C@H](CO)[C@@H](O)[C@H](O)[C@H]2OC(=O)c2ccccc2)C1. The van der Waals surface area contributed by atoms with Gasteiger partial charge in [-0.15, -0.1) is 0 Å². The molecule has 38 heavy (non-hydrogen) atoms. The Kier molecular flexibility index (Phi) is 8.55. The highest BCUT2D eigenvalue weighted by Gasteiger charge is 2.48. The lowest BCUT2D eigenvalue weighted by atomic mass is 9.90. The number of aliphatic hydroxyl groups is 4. The second-order valence-corrected chi connectivity index (χ2v) is 8.99. The van der Waals surface area contributed by atoms with Crippen molar-refractivity contribution >= 4 is 17.7 Å². The summed E-state index contributed by atoms with van der Waals surface area (Å²) in [7, 11) is 0. The fourth-order valence-electron chi connectivity index (χ4n) is 4.13. The number of hydrogen-bond donors (Lipinski definition) is 4. The van der Waals surface area contributed by atoms with Crippen LogP contribution in [0.5, 0.6) is 5.75 Å². The van der Waals surface area contributed by atoms with Crippen LogP contribution in [0.1, 0.15) is 28.8 Å². The average Bonchev–Trinajstić information content (AvgIpc) is 2.92. The van der Waals surface area contributed by atoms with Gasteiger partial charge < -0.3 is 39.4 Å². The largest absolute Gasteiger partial charge is 0.460 e. The van der Waals surface area contributed by atoms with Crippen LogP contribution in [0.3, 0.4) is 0 Å². The van der Waals surface area contributed by atoms with Crippen molar-refractivity contribution in [2.75, 3.05) is 6.61 Å². The second kappa shape index (κ2) is 11.8. The predicted molar refractivity (Wildman–Crippen MR) is 129 cm³/mol. The molecule has 202 valence electrons. The molecule has 11 nitrogen and oxygen atoms in total. The Morgan fingerprint density at radius 1 is 1.03 bits per heavy atom. The first-order valence-corrected chi connectivity index (χ1v) is 11.9. The van der Waals surface area contributed by atoms with Crippen molar-refractivity contribution in [2.24, 2.45) is 0 Å². The van der Waals surface area contributed by atoms with E-state index in [9.17, 15) is 34.8 Å². The Hall–Kier alpha value is -3.61. The summed E-state index contributed by atoms with van der Waals surface area (Å²) in [5.41, 5.74) is -1.55. The summed E-state index contributed by atoms with van der Waals surface area (Å²) >= 11 is 0. The topological polar surface area (TPSA) is 169 Å². The van der Waals surface area contributed by atoms with Gasteiger partial charge >= 0.3 is 11.9 Å². The Morgan fingerprint density at radius 3 is 2.45 bits per heavy atom. The summed E-state index contributed by atoms with van der Waals surface area (Å²) in [6.07, 6.45) is -5.07. The van der Waals surface area contributed by atoms with Crippen LogP contribution in [0.25, 0.3) is 0 Å². The number of rotatable bonds is 8. The summed E-state index contributed by atoms with van der Waals surface area (Å²) in [6.45, 7) is -1.00. The zero-order valence-electron chi connectivity index (χ0n) is 20.2. The number of allylic oxidation sites excluding steroid dienone is 1. The fourth-order valence-corrected chi connectivity index (χ4v) is 4.13. The van der Waals surface area contributed by atoms with Crippen molar-refractivity contribution in [3.63, 3.8) is 0 Å². The fraction of sp³-hybridized carbons (Fsp3) is 0.370. The number of para-hydroxylation sites is 1. The zero-order chi connectivity index (χ0) is 27.3. The van der Waals surface area contributed by atoms with E-state index in [2.05, 4.69) is 0 Å². The number of esters is 2. The molecule has 0 amide bonds. The number of hydrogen-bond acceptors (Lipinski definition) is 11. The molecule has 4 rings (SSSR count). The van der Waals surface area contributed by atoms with Gasteiger partial charge in [-0.2, -0.15) is 0 Å². The maximum atomic E-state index is 12.7. The predicted octanol–water partition coefficient (Wildman–Crippen LogP) is 0.423. The molecule has 1 fully saturated rings. The molecule has 1 saturated heterocycles. The molecule has 4 N–H and O–H groups in total. The molecule has 1 aliphatic carbocycles. The van der Waals surface area contributed by atoms with E-state index in [-0.39, 0.29) is 30.1 Å². The van der Waals surface area contributed by atoms with Crippen LogP contribution in [0.2, 0.25) is 0 Å². The van der Waals surface area contributed by atoms with Crippen LogP contribution in [0.4, 0.5) is 0 Å². The maximum absolute atomic E-state index is 12.7. The van der Waals surface area contributed by atoms with Gasteiger partial charge in [0.25, 0.3) is 0 Å². The molecule has 2 aromatic rings. The minimum atomic E-state index is -2.07. The van der Waals surface area contributed by atoms with Crippen LogP contribution in [0.15, 0.2) is 66.7 Å². The van der Waals surface area contributed by atoms with Crippen LogP contribution >= 0.6 is 0 Å². The second-order valence-electron chi connectivity index (χ2n) is 8.99. The molecule has 0 bridgehead atoms. The number of ether oxygens (including phenoxy) is 4. The van der Waals surface area contributed by atoms with E-state index in [0.29, 0.717) is 5.56 Å². The molecule has 2 aliphatic rings. The van der Waals surface area contributed by atoms with Gasteiger partial charge in [-0.05, 0) is 24.3 Å². The molecule has 0 aromatic heterocycles. The molecular weight excluding hydrogens is 500 g/mol. The van der Waals surface area contributed by atoms with E-state index >= 15 is 0 Å². The van der Waals surface area contributed by atoms with Crippen molar-refractivity contribution in [3.05, 3.63) is 77.9 Å². The van der Waals surface area contributed by atoms with Gasteiger partial charge in [0, 0.05) is 18.4 Å². The number of Topliss-reactive ketones (excluding diaryl/α,β-unsaturated/α-hetero) is 1. The highest BCUT2D eigenvalue weighted by Crippen LogP contribution is 2.30. The zero-order valence-corrected chi connectivity index (χ0v) is 20.2. The third-order valence-corrected chi connectivity index (χ3v) is 6.21. The number of benzene rings is 2. The van der Waals surface area contributed by atoms with Crippen LogP contribution in [0, 0.1) is 0 Å². The molecule has 0 unspecified atom stereocenters. The Labute approximate surface area is 217 Å². The van der Waals surface area contributed by atoms with Crippen molar-refractivity contribution in [2.45, 2.75) is 55.8 Å². The summed E-state index contributed by atoms with van der Waals surface area (Å²) in [6, 6.07) is 14.3. The molecule has 11 heteroatoms. The van der Waals surface area contributed by atoms with E-state index in [1.165, 1.54) is 30.4 Å². The Morgan fingerprint density at radius 2 is 1.74 bits per heavy atom. The van der Waals surface area contributed by atoms with E-state index in [1.807, 2.05) is 0 Å². The third kappa shape index (κ3) is 6.09. The van der Waals surface area contributed by atoms with Gasteiger partial charge in [-0.1, -0.05) is 42.5 Å². The van der Waals surface area contributed by atoms with Crippen LogP contribution in [-0.2, 0) is 30.4 Å². The van der Waals surface area contributed by atoms with Gasteiger partial charge in [-0.3, -0.25) is 4.79 Å². The van der Waals surface area contributed by atoms with E-state index in [0.717, 1.165) is 0 Å². The molecule has 0 saturated carbocycles. The lowest BCUT2D eigenvalue weighted by molar-refractivity contribution is -0.276. The average molecular weight is 529 g/mol. The number of ketones is 1. The highest BCUT2D eigenvalue weighted by molar-refractivity contribution is 5.92. The molecule has 2 aromatic carbocycles. The van der Waals surface area contributed by atoms with Gasteiger partial charge in [0.05, 0.1) is 12.2 Å². The number of aliphatic hydroxyl groups excluding tert-OH is 3. The molecule has 1 aliphatic heterocycles. The molecule has 0 spiro atoms. The van der Waals surface area contributed by atoms with Gasteiger partial charge in [0.2, 0.25) is 6.29 Å². The minimum Gasteiger partial charge on any atom is -0.460 e. The smallest absolute Gasteiger partial charge is 0.342 e. The lowest BCUT2D eigenvalue weighted by Crippen LogP contribution is -2.61. The monoisotopic (exact) mass is 528 g/mol. The van der Waals surface area contributed by atoms with E-state index in [4.69, 9.17) is 18.9 Å². The van der Waals surface area contributed by atoms with Gasteiger partial charge in [0.15, 0.2) is 11.7 Å². The standard InChI is InChI=1S/C27H28O11/c28-14-20-21(30)22(31)23(38-24(32)16-7-2-1-3-8-16)25(37-20)36-19-11-5-4-9-17(19)15-35-26(33)27(34)12-6-10-18(29)13-27/h1-9,11-12,20-23,25,28,30-31,34H,10,13-15H2/t20-,21-,22+,23-,25-,27-/m1/s1. The Balaban J connectivity index is 1.51. The van der Waals surface area contributed by atoms with E-state index in [1.54, 1.807) is 36.4 Å². The molecular formula is C27H28O11. The summed E-state index contributed by atoms with van der Waals surface area (Å²) in [4.78, 5) is 36.9. The number of carbonyl (C=O) groups is 3. The van der Waals surface area contributed by atoms with E-state index < -0.39 is 61.3 Å². The highest BCUT2D eigenvalue weighted by atomic mass is 16.7. The molecule has 0 radical (unpaired) electrons. The first-order chi connectivity index (χ1) is 18.2. The van der Waals surface area contributed by atoms with Crippen molar-refractivity contribution in [3.8, 4) is 5.75 Å². The third-order valence-electron chi connectivity index (χ3n) is 6.21. The van der Waals surface area contributed by atoms with Gasteiger partial charge in [-0.25, -0.2) is 9.59 Å². The first-order valence-electron chi connectivity index (χ1n) is 11.9.